The Kier molecular flexibility index (Phi) is 7.92. The summed E-state index contributed by atoms with van der Waals surface area (Å²) in [5, 5.41) is 3.64. The van der Waals surface area contributed by atoms with Crippen LogP contribution >= 0.6 is 0 Å². The number of hydrogen-bond acceptors (Lipinski definition) is 2. The zero-order chi connectivity index (χ0) is 13.3. The largest absolute Gasteiger partial charge is 0.330 e. The molecule has 2 heteroatoms. The van der Waals surface area contributed by atoms with Gasteiger partial charge in [-0.15, -0.1) is 0 Å². The van der Waals surface area contributed by atoms with E-state index in [2.05, 4.69) is 19.2 Å². The Hall–Kier alpha value is -0.0800. The summed E-state index contributed by atoms with van der Waals surface area (Å²) in [4.78, 5) is 0. The normalized spacial score (nSPS) is 18.7. The van der Waals surface area contributed by atoms with Gasteiger partial charge in [0.25, 0.3) is 0 Å². The van der Waals surface area contributed by atoms with Gasteiger partial charge in [-0.1, -0.05) is 52.4 Å². The van der Waals surface area contributed by atoms with Gasteiger partial charge < -0.3 is 11.1 Å². The Labute approximate surface area is 114 Å². The number of nitrogens with two attached hydrogens (primary N) is 1. The SMILES string of the molecule is CC(C)CCCCCCNCC1(CN)CCCC1. The van der Waals surface area contributed by atoms with E-state index in [1.54, 1.807) is 0 Å². The molecule has 2 nitrogen and oxygen atoms in total. The highest BCUT2D eigenvalue weighted by Crippen LogP contribution is 2.36. The standard InChI is InChI=1S/C16H34N2/c1-15(2)9-5-3-4-8-12-18-14-16(13-17)10-6-7-11-16/h15,18H,3-14,17H2,1-2H3. The fraction of sp³-hybridized carbons (Fsp3) is 1.00. The zero-order valence-electron chi connectivity index (χ0n) is 12.6. The first-order valence-electron chi connectivity index (χ1n) is 8.09. The molecular formula is C16H34N2. The van der Waals surface area contributed by atoms with E-state index < -0.39 is 0 Å². The van der Waals surface area contributed by atoms with Crippen LogP contribution in [-0.4, -0.2) is 19.6 Å². The molecule has 0 atom stereocenters. The highest BCUT2D eigenvalue weighted by atomic mass is 14.9. The highest BCUT2D eigenvalue weighted by molar-refractivity contribution is 4.87. The van der Waals surface area contributed by atoms with E-state index in [4.69, 9.17) is 5.73 Å². The molecule has 0 aromatic heterocycles. The van der Waals surface area contributed by atoms with Crippen LogP contribution in [0.25, 0.3) is 0 Å². The second kappa shape index (κ2) is 8.92. The van der Waals surface area contributed by atoms with Gasteiger partial charge in [0.05, 0.1) is 0 Å². The lowest BCUT2D eigenvalue weighted by Gasteiger charge is -2.27. The molecule has 0 amide bonds. The van der Waals surface area contributed by atoms with E-state index >= 15 is 0 Å². The quantitative estimate of drug-likeness (QED) is 0.583. The molecule has 0 aliphatic heterocycles. The summed E-state index contributed by atoms with van der Waals surface area (Å²) in [6.45, 7) is 7.83. The van der Waals surface area contributed by atoms with Gasteiger partial charge in [0.1, 0.15) is 0 Å². The molecule has 0 bridgehead atoms. The zero-order valence-corrected chi connectivity index (χ0v) is 12.6. The van der Waals surface area contributed by atoms with Crippen LogP contribution in [0, 0.1) is 11.3 Å². The minimum atomic E-state index is 0.442. The van der Waals surface area contributed by atoms with Crippen LogP contribution in [-0.2, 0) is 0 Å². The first-order chi connectivity index (χ1) is 8.68. The third-order valence-electron chi connectivity index (χ3n) is 4.48. The van der Waals surface area contributed by atoms with Gasteiger partial charge in [-0.05, 0) is 43.7 Å². The summed E-state index contributed by atoms with van der Waals surface area (Å²) in [5.41, 5.74) is 6.38. The van der Waals surface area contributed by atoms with Crippen molar-refractivity contribution in [2.24, 2.45) is 17.1 Å². The van der Waals surface area contributed by atoms with Crippen molar-refractivity contribution in [2.45, 2.75) is 71.6 Å². The third-order valence-corrected chi connectivity index (χ3v) is 4.48. The van der Waals surface area contributed by atoms with Crippen molar-refractivity contribution in [2.75, 3.05) is 19.6 Å². The Morgan fingerprint density at radius 3 is 2.33 bits per heavy atom. The number of unbranched alkanes of at least 4 members (excludes halogenated alkanes) is 3. The van der Waals surface area contributed by atoms with Gasteiger partial charge >= 0.3 is 0 Å². The Balaban J connectivity index is 1.92. The van der Waals surface area contributed by atoms with E-state index in [9.17, 15) is 0 Å². The van der Waals surface area contributed by atoms with Crippen molar-refractivity contribution in [3.63, 3.8) is 0 Å². The number of hydrogen-bond donors (Lipinski definition) is 2. The second-order valence-electron chi connectivity index (χ2n) is 6.68. The van der Waals surface area contributed by atoms with Gasteiger partial charge in [0.2, 0.25) is 0 Å². The lowest BCUT2D eigenvalue weighted by molar-refractivity contribution is 0.290. The average Bonchev–Trinajstić information content (AvgIpc) is 2.81. The van der Waals surface area contributed by atoms with E-state index in [0.29, 0.717) is 5.41 Å². The second-order valence-corrected chi connectivity index (χ2v) is 6.68. The van der Waals surface area contributed by atoms with Crippen LogP contribution in [0.1, 0.15) is 71.6 Å². The molecule has 0 aromatic carbocycles. The summed E-state index contributed by atoms with van der Waals surface area (Å²) in [6.07, 6.45) is 12.4. The molecule has 0 radical (unpaired) electrons. The molecule has 1 rings (SSSR count). The average molecular weight is 254 g/mol. The molecule has 0 saturated heterocycles. The molecule has 18 heavy (non-hydrogen) atoms. The Morgan fingerprint density at radius 2 is 1.72 bits per heavy atom. The summed E-state index contributed by atoms with van der Waals surface area (Å²) in [5.74, 6) is 0.870. The molecule has 1 aliphatic carbocycles. The minimum Gasteiger partial charge on any atom is -0.330 e. The molecule has 1 aliphatic rings. The van der Waals surface area contributed by atoms with Crippen LogP contribution < -0.4 is 11.1 Å². The van der Waals surface area contributed by atoms with Crippen LogP contribution in [0.2, 0.25) is 0 Å². The van der Waals surface area contributed by atoms with Gasteiger partial charge in [-0.3, -0.25) is 0 Å². The lowest BCUT2D eigenvalue weighted by Crippen LogP contribution is -2.38. The first-order valence-corrected chi connectivity index (χ1v) is 8.09. The van der Waals surface area contributed by atoms with Crippen molar-refractivity contribution in [3.05, 3.63) is 0 Å². The molecule has 0 aromatic rings. The fourth-order valence-corrected chi connectivity index (χ4v) is 3.09. The molecule has 0 heterocycles. The van der Waals surface area contributed by atoms with Crippen molar-refractivity contribution < 1.29 is 0 Å². The third kappa shape index (κ3) is 6.19. The van der Waals surface area contributed by atoms with Crippen molar-refractivity contribution in [1.82, 2.24) is 5.32 Å². The maximum Gasteiger partial charge on any atom is 0.00199 e. The van der Waals surface area contributed by atoms with Crippen LogP contribution in [0.15, 0.2) is 0 Å². The van der Waals surface area contributed by atoms with Gasteiger partial charge in [-0.2, -0.15) is 0 Å². The molecule has 1 fully saturated rings. The topological polar surface area (TPSA) is 38.0 Å². The monoisotopic (exact) mass is 254 g/mol. The molecule has 0 spiro atoms. The fourth-order valence-electron chi connectivity index (χ4n) is 3.09. The number of nitrogens with one attached hydrogen (secondary N) is 1. The molecule has 108 valence electrons. The van der Waals surface area contributed by atoms with Crippen LogP contribution in [0.5, 0.6) is 0 Å². The summed E-state index contributed by atoms with van der Waals surface area (Å²) >= 11 is 0. The smallest absolute Gasteiger partial charge is 0.00199 e. The van der Waals surface area contributed by atoms with Gasteiger partial charge in [0.15, 0.2) is 0 Å². The van der Waals surface area contributed by atoms with Gasteiger partial charge in [-0.25, -0.2) is 0 Å². The van der Waals surface area contributed by atoms with E-state index in [0.717, 1.165) is 19.0 Å². The Morgan fingerprint density at radius 1 is 1.06 bits per heavy atom. The summed E-state index contributed by atoms with van der Waals surface area (Å²) in [7, 11) is 0. The molecule has 0 unspecified atom stereocenters. The Bertz CT molecular complexity index is 195. The molecular weight excluding hydrogens is 220 g/mol. The maximum absolute atomic E-state index is 5.94. The van der Waals surface area contributed by atoms with Crippen LogP contribution in [0.4, 0.5) is 0 Å². The molecule has 1 saturated carbocycles. The van der Waals surface area contributed by atoms with Crippen molar-refractivity contribution >= 4 is 0 Å². The van der Waals surface area contributed by atoms with E-state index in [-0.39, 0.29) is 0 Å². The lowest BCUT2D eigenvalue weighted by atomic mass is 9.86. The molecule has 3 N–H and O–H groups in total. The minimum absolute atomic E-state index is 0.442. The summed E-state index contributed by atoms with van der Waals surface area (Å²) < 4.78 is 0. The maximum atomic E-state index is 5.94. The van der Waals surface area contributed by atoms with Crippen LogP contribution in [0.3, 0.4) is 0 Å². The predicted molar refractivity (Wildman–Crippen MR) is 80.7 cm³/mol. The van der Waals surface area contributed by atoms with Gasteiger partial charge in [0, 0.05) is 6.54 Å². The predicted octanol–water partition coefficient (Wildman–Crippen LogP) is 3.70. The van der Waals surface area contributed by atoms with E-state index in [1.807, 2.05) is 0 Å². The van der Waals surface area contributed by atoms with Crippen molar-refractivity contribution in [1.29, 1.82) is 0 Å². The first kappa shape index (κ1) is 16.0. The highest BCUT2D eigenvalue weighted by Gasteiger charge is 2.31. The van der Waals surface area contributed by atoms with Crippen molar-refractivity contribution in [3.8, 4) is 0 Å². The number of rotatable bonds is 10. The summed E-state index contributed by atoms with van der Waals surface area (Å²) in [6, 6.07) is 0. The van der Waals surface area contributed by atoms with E-state index in [1.165, 1.54) is 64.3 Å².